The summed E-state index contributed by atoms with van der Waals surface area (Å²) in [7, 11) is 0. The Bertz CT molecular complexity index is 160. The Morgan fingerprint density at radius 3 is 3.22 bits per heavy atom. The van der Waals surface area contributed by atoms with Crippen LogP contribution < -0.4 is 0 Å². The smallest absolute Gasteiger partial charge is 0.138 e. The van der Waals surface area contributed by atoms with Crippen LogP contribution in [0, 0.1) is 4.91 Å². The minimum Gasteiger partial charge on any atom is -0.492 e. The van der Waals surface area contributed by atoms with Gasteiger partial charge in [-0.05, 0) is 12.2 Å². The molecule has 1 rings (SSSR count). The monoisotopic (exact) mass is 125 g/mol. The molecule has 1 aliphatic rings. The summed E-state index contributed by atoms with van der Waals surface area (Å²) in [6, 6.07) is 0. The molecule has 0 fully saturated rings. The molecule has 0 spiro atoms. The third kappa shape index (κ3) is 1.68. The number of hydrogen-bond donors (Lipinski definition) is 0. The molecule has 0 aliphatic carbocycles. The first kappa shape index (κ1) is 6.01. The van der Waals surface area contributed by atoms with Crippen molar-refractivity contribution in [2.45, 2.75) is 0 Å². The van der Waals surface area contributed by atoms with Crippen LogP contribution in [0.4, 0.5) is 0 Å². The number of rotatable bonds is 2. The van der Waals surface area contributed by atoms with Gasteiger partial charge >= 0.3 is 0 Å². The highest BCUT2D eigenvalue weighted by Gasteiger charge is 1.97. The Morgan fingerprint density at radius 1 is 1.78 bits per heavy atom. The van der Waals surface area contributed by atoms with Crippen molar-refractivity contribution >= 4 is 0 Å². The topological polar surface area (TPSA) is 38.7 Å². The maximum absolute atomic E-state index is 9.68. The van der Waals surface area contributed by atoms with Crippen molar-refractivity contribution < 1.29 is 4.74 Å². The Balaban J connectivity index is 2.47. The molecule has 0 aromatic heterocycles. The van der Waals surface area contributed by atoms with E-state index in [1.54, 1.807) is 6.08 Å². The lowest BCUT2D eigenvalue weighted by Gasteiger charge is -2.06. The fourth-order valence-corrected chi connectivity index (χ4v) is 0.596. The van der Waals surface area contributed by atoms with E-state index in [-0.39, 0.29) is 6.54 Å². The Hall–Kier alpha value is -1.12. The Labute approximate surface area is 53.0 Å². The molecule has 3 heteroatoms. The van der Waals surface area contributed by atoms with E-state index in [0.717, 1.165) is 0 Å². The van der Waals surface area contributed by atoms with Gasteiger partial charge in [0.25, 0.3) is 0 Å². The number of hydrogen-bond acceptors (Lipinski definition) is 3. The largest absolute Gasteiger partial charge is 0.492 e. The molecule has 0 bridgehead atoms. The van der Waals surface area contributed by atoms with Crippen molar-refractivity contribution in [3.8, 4) is 0 Å². The van der Waals surface area contributed by atoms with Gasteiger partial charge in [-0.15, -0.1) is 0 Å². The fourth-order valence-electron chi connectivity index (χ4n) is 0.596. The number of nitroso groups, excluding NO2 is 1. The van der Waals surface area contributed by atoms with Crippen molar-refractivity contribution in [2.75, 3.05) is 13.2 Å². The van der Waals surface area contributed by atoms with Crippen molar-refractivity contribution in [1.82, 2.24) is 0 Å². The van der Waals surface area contributed by atoms with Crippen LogP contribution >= 0.6 is 0 Å². The zero-order valence-corrected chi connectivity index (χ0v) is 4.91. The highest BCUT2D eigenvalue weighted by atomic mass is 16.5. The first-order valence-electron chi connectivity index (χ1n) is 2.71. The molecule has 9 heavy (non-hydrogen) atoms. The Morgan fingerprint density at radius 2 is 2.67 bits per heavy atom. The summed E-state index contributed by atoms with van der Waals surface area (Å²) in [5.41, 5.74) is 0. The number of allylic oxidation sites excluding steroid dienone is 2. The van der Waals surface area contributed by atoms with Gasteiger partial charge in [0.15, 0.2) is 0 Å². The van der Waals surface area contributed by atoms with Crippen LogP contribution in [0.15, 0.2) is 29.2 Å². The first-order chi connectivity index (χ1) is 4.43. The second-order valence-electron chi connectivity index (χ2n) is 1.66. The van der Waals surface area contributed by atoms with Gasteiger partial charge in [-0.25, -0.2) is 0 Å². The summed E-state index contributed by atoms with van der Waals surface area (Å²) >= 11 is 0. The fraction of sp³-hybridized carbons (Fsp3) is 0.333. The van der Waals surface area contributed by atoms with E-state index in [1.807, 2.05) is 12.2 Å². The number of nitrogens with zero attached hydrogens (tertiary/aromatic N) is 1. The molecular weight excluding hydrogens is 118 g/mol. The molecule has 0 unspecified atom stereocenters. The van der Waals surface area contributed by atoms with Gasteiger partial charge in [0, 0.05) is 0 Å². The summed E-state index contributed by atoms with van der Waals surface area (Å²) in [6.07, 6.45) is 5.46. The van der Waals surface area contributed by atoms with Crippen molar-refractivity contribution in [3.63, 3.8) is 0 Å². The maximum Gasteiger partial charge on any atom is 0.138 e. The van der Waals surface area contributed by atoms with Crippen molar-refractivity contribution in [1.29, 1.82) is 0 Å². The zero-order valence-electron chi connectivity index (χ0n) is 4.91. The summed E-state index contributed by atoms with van der Waals surface area (Å²) in [5.74, 6) is 0.646. The molecule has 1 aliphatic heterocycles. The second kappa shape index (κ2) is 3.02. The van der Waals surface area contributed by atoms with E-state index in [1.165, 1.54) is 0 Å². The standard InChI is InChI=1S/C6H7NO2/c8-7-5-6-3-1-2-4-9-6/h1-3H,4-5H2. The molecule has 0 saturated carbocycles. The van der Waals surface area contributed by atoms with Gasteiger partial charge in [0.2, 0.25) is 0 Å². The summed E-state index contributed by atoms with van der Waals surface area (Å²) in [4.78, 5) is 9.68. The van der Waals surface area contributed by atoms with Gasteiger partial charge in [0.1, 0.15) is 18.9 Å². The summed E-state index contributed by atoms with van der Waals surface area (Å²) in [6.45, 7) is 0.700. The van der Waals surface area contributed by atoms with Crippen LogP contribution in [0.2, 0.25) is 0 Å². The lowest BCUT2D eigenvalue weighted by Crippen LogP contribution is -1.98. The first-order valence-corrected chi connectivity index (χ1v) is 2.71. The van der Waals surface area contributed by atoms with E-state index >= 15 is 0 Å². The van der Waals surface area contributed by atoms with Gasteiger partial charge in [-0.3, -0.25) is 0 Å². The van der Waals surface area contributed by atoms with Crippen LogP contribution in [-0.4, -0.2) is 13.2 Å². The minimum absolute atomic E-state index is 0.143. The van der Waals surface area contributed by atoms with Crippen LogP contribution in [-0.2, 0) is 4.74 Å². The predicted molar refractivity (Wildman–Crippen MR) is 33.8 cm³/mol. The van der Waals surface area contributed by atoms with E-state index in [9.17, 15) is 4.91 Å². The van der Waals surface area contributed by atoms with Crippen LogP contribution in [0.25, 0.3) is 0 Å². The molecule has 0 N–H and O–H groups in total. The average molecular weight is 125 g/mol. The van der Waals surface area contributed by atoms with Gasteiger partial charge in [-0.1, -0.05) is 11.3 Å². The molecular formula is C6H7NO2. The summed E-state index contributed by atoms with van der Waals surface area (Å²) in [5, 5.41) is 2.68. The molecule has 48 valence electrons. The van der Waals surface area contributed by atoms with E-state index in [4.69, 9.17) is 4.74 Å². The highest BCUT2D eigenvalue weighted by molar-refractivity contribution is 5.12. The van der Waals surface area contributed by atoms with Crippen molar-refractivity contribution in [3.05, 3.63) is 28.9 Å². The highest BCUT2D eigenvalue weighted by Crippen LogP contribution is 2.02. The van der Waals surface area contributed by atoms with E-state index in [0.29, 0.717) is 12.4 Å². The van der Waals surface area contributed by atoms with Crippen LogP contribution in [0.5, 0.6) is 0 Å². The molecule has 1 heterocycles. The molecule has 3 nitrogen and oxygen atoms in total. The normalized spacial score (nSPS) is 16.2. The molecule has 0 saturated heterocycles. The zero-order chi connectivity index (χ0) is 6.53. The van der Waals surface area contributed by atoms with Gasteiger partial charge in [-0.2, -0.15) is 4.91 Å². The third-order valence-corrected chi connectivity index (χ3v) is 1.00. The molecule has 0 atom stereocenters. The third-order valence-electron chi connectivity index (χ3n) is 1.00. The lowest BCUT2D eigenvalue weighted by molar-refractivity contribution is 0.240. The Kier molecular flexibility index (Phi) is 2.01. The molecule has 0 amide bonds. The minimum atomic E-state index is 0.143. The maximum atomic E-state index is 9.68. The lowest BCUT2D eigenvalue weighted by atomic mass is 10.3. The molecule has 0 aromatic rings. The molecule has 0 aromatic carbocycles. The molecule has 0 radical (unpaired) electrons. The average Bonchev–Trinajstić information content (AvgIpc) is 1.91. The predicted octanol–water partition coefficient (Wildman–Crippen LogP) is 1.22. The second-order valence-corrected chi connectivity index (χ2v) is 1.66. The number of ether oxygens (including phenoxy) is 1. The van der Waals surface area contributed by atoms with Crippen LogP contribution in [0.1, 0.15) is 0 Å². The SMILES string of the molecule is O=NCC1=CC=CCO1. The van der Waals surface area contributed by atoms with E-state index < -0.39 is 0 Å². The van der Waals surface area contributed by atoms with Gasteiger partial charge in [0.05, 0.1) is 0 Å². The van der Waals surface area contributed by atoms with Crippen LogP contribution in [0.3, 0.4) is 0 Å². The summed E-state index contributed by atoms with van der Waals surface area (Å²) < 4.78 is 5.00. The van der Waals surface area contributed by atoms with Gasteiger partial charge < -0.3 is 4.74 Å². The van der Waals surface area contributed by atoms with Crippen molar-refractivity contribution in [2.24, 2.45) is 5.18 Å². The van der Waals surface area contributed by atoms with E-state index in [2.05, 4.69) is 5.18 Å². The quantitative estimate of drug-likeness (QED) is 0.520.